The van der Waals surface area contributed by atoms with Crippen molar-refractivity contribution in [3.05, 3.63) is 30.1 Å². The van der Waals surface area contributed by atoms with Crippen molar-refractivity contribution < 1.29 is 0 Å². The number of pyridine rings is 1. The molecule has 2 heteroatoms. The Morgan fingerprint density at radius 1 is 1.15 bits per heavy atom. The van der Waals surface area contributed by atoms with Gasteiger partial charge >= 0.3 is 0 Å². The van der Waals surface area contributed by atoms with E-state index in [1.54, 1.807) is 0 Å². The summed E-state index contributed by atoms with van der Waals surface area (Å²) in [4.78, 5) is 4.43. The third-order valence-corrected chi connectivity index (χ3v) is 4.13. The quantitative estimate of drug-likeness (QED) is 0.639. The van der Waals surface area contributed by atoms with Crippen molar-refractivity contribution >= 4 is 0 Å². The zero-order valence-corrected chi connectivity index (χ0v) is 13.6. The SMILES string of the molecule is CCCCC(CC)CC(CCc1ccccn1)NCC. The fourth-order valence-electron chi connectivity index (χ4n) is 2.84. The van der Waals surface area contributed by atoms with Gasteiger partial charge in [0.25, 0.3) is 0 Å². The fraction of sp³-hybridized carbons (Fsp3) is 0.722. The molecule has 2 nitrogen and oxygen atoms in total. The van der Waals surface area contributed by atoms with Crippen molar-refractivity contribution in [1.82, 2.24) is 10.3 Å². The molecule has 20 heavy (non-hydrogen) atoms. The molecule has 1 N–H and O–H groups in total. The van der Waals surface area contributed by atoms with Crippen molar-refractivity contribution in [2.75, 3.05) is 6.54 Å². The first-order valence-corrected chi connectivity index (χ1v) is 8.43. The first-order valence-electron chi connectivity index (χ1n) is 8.43. The molecule has 114 valence electrons. The molecule has 0 radical (unpaired) electrons. The lowest BCUT2D eigenvalue weighted by molar-refractivity contribution is 0.340. The highest BCUT2D eigenvalue weighted by Gasteiger charge is 2.14. The Bertz CT molecular complexity index is 323. The molecule has 1 heterocycles. The molecule has 0 saturated carbocycles. The molecule has 0 aliphatic carbocycles. The second-order valence-corrected chi connectivity index (χ2v) is 5.77. The van der Waals surface area contributed by atoms with E-state index in [2.05, 4.69) is 43.2 Å². The summed E-state index contributed by atoms with van der Waals surface area (Å²) >= 11 is 0. The van der Waals surface area contributed by atoms with Gasteiger partial charge in [-0.1, -0.05) is 52.5 Å². The van der Waals surface area contributed by atoms with Crippen molar-refractivity contribution in [2.45, 2.75) is 71.8 Å². The molecule has 1 rings (SSSR count). The van der Waals surface area contributed by atoms with Gasteiger partial charge in [-0.15, -0.1) is 0 Å². The van der Waals surface area contributed by atoms with E-state index < -0.39 is 0 Å². The zero-order chi connectivity index (χ0) is 14.6. The highest BCUT2D eigenvalue weighted by Crippen LogP contribution is 2.20. The highest BCUT2D eigenvalue weighted by atomic mass is 14.9. The van der Waals surface area contributed by atoms with Gasteiger partial charge in [0.15, 0.2) is 0 Å². The van der Waals surface area contributed by atoms with Crippen LogP contribution < -0.4 is 5.32 Å². The maximum Gasteiger partial charge on any atom is 0.0404 e. The fourth-order valence-corrected chi connectivity index (χ4v) is 2.84. The maximum atomic E-state index is 4.43. The van der Waals surface area contributed by atoms with E-state index in [1.165, 1.54) is 44.2 Å². The van der Waals surface area contributed by atoms with E-state index in [0.29, 0.717) is 6.04 Å². The van der Waals surface area contributed by atoms with Crippen LogP contribution in [0.5, 0.6) is 0 Å². The van der Waals surface area contributed by atoms with Crippen molar-refractivity contribution in [3.63, 3.8) is 0 Å². The van der Waals surface area contributed by atoms with Gasteiger partial charge in [-0.05, 0) is 43.9 Å². The summed E-state index contributed by atoms with van der Waals surface area (Å²) in [6, 6.07) is 6.85. The van der Waals surface area contributed by atoms with Crippen LogP contribution in [0.1, 0.15) is 65.0 Å². The number of nitrogens with zero attached hydrogens (tertiary/aromatic N) is 1. The molecule has 0 fully saturated rings. The van der Waals surface area contributed by atoms with E-state index >= 15 is 0 Å². The number of aryl methyl sites for hydroxylation is 1. The molecule has 0 spiro atoms. The average molecular weight is 276 g/mol. The molecule has 0 aliphatic heterocycles. The second kappa shape index (κ2) is 10.8. The van der Waals surface area contributed by atoms with Crippen LogP contribution in [0.25, 0.3) is 0 Å². The molecule has 0 aromatic carbocycles. The van der Waals surface area contributed by atoms with Crippen molar-refractivity contribution in [2.24, 2.45) is 5.92 Å². The molecule has 1 aromatic rings. The molecular weight excluding hydrogens is 244 g/mol. The molecule has 0 bridgehead atoms. The van der Waals surface area contributed by atoms with Gasteiger partial charge in [-0.3, -0.25) is 4.98 Å². The average Bonchev–Trinajstić information content (AvgIpc) is 2.50. The van der Waals surface area contributed by atoms with Crippen LogP contribution in [0, 0.1) is 5.92 Å². The van der Waals surface area contributed by atoms with Gasteiger partial charge in [0.2, 0.25) is 0 Å². The summed E-state index contributed by atoms with van der Waals surface area (Å²) in [6.45, 7) is 7.90. The Hall–Kier alpha value is -0.890. The van der Waals surface area contributed by atoms with Gasteiger partial charge in [-0.25, -0.2) is 0 Å². The Morgan fingerprint density at radius 2 is 2.00 bits per heavy atom. The van der Waals surface area contributed by atoms with Gasteiger partial charge < -0.3 is 5.32 Å². The maximum absolute atomic E-state index is 4.43. The third-order valence-electron chi connectivity index (χ3n) is 4.13. The minimum Gasteiger partial charge on any atom is -0.314 e. The minimum absolute atomic E-state index is 0.642. The smallest absolute Gasteiger partial charge is 0.0404 e. The van der Waals surface area contributed by atoms with Gasteiger partial charge in [0, 0.05) is 17.9 Å². The standard InChI is InChI=1S/C18H32N2/c1-4-7-10-16(5-2)15-18(19-6-3)13-12-17-11-8-9-14-20-17/h8-9,11,14,16,18-19H,4-7,10,12-13,15H2,1-3H3. The number of nitrogens with one attached hydrogen (secondary N) is 1. The number of hydrogen-bond donors (Lipinski definition) is 1. The Morgan fingerprint density at radius 3 is 2.60 bits per heavy atom. The molecule has 0 amide bonds. The summed E-state index contributed by atoms with van der Waals surface area (Å²) in [5.74, 6) is 0.878. The molecule has 2 unspecified atom stereocenters. The number of aromatic nitrogens is 1. The van der Waals surface area contributed by atoms with Crippen LogP contribution in [0.3, 0.4) is 0 Å². The number of unbranched alkanes of at least 4 members (excludes halogenated alkanes) is 1. The van der Waals surface area contributed by atoms with Gasteiger partial charge in [0.05, 0.1) is 0 Å². The molecule has 1 aromatic heterocycles. The monoisotopic (exact) mass is 276 g/mol. The van der Waals surface area contributed by atoms with Crippen LogP contribution in [0.2, 0.25) is 0 Å². The van der Waals surface area contributed by atoms with E-state index in [4.69, 9.17) is 0 Å². The zero-order valence-electron chi connectivity index (χ0n) is 13.6. The Kier molecular flexibility index (Phi) is 9.31. The van der Waals surface area contributed by atoms with E-state index in [1.807, 2.05) is 12.3 Å². The first-order chi connectivity index (χ1) is 9.80. The summed E-state index contributed by atoms with van der Waals surface area (Å²) in [5, 5.41) is 3.67. The summed E-state index contributed by atoms with van der Waals surface area (Å²) in [6.07, 6.45) is 10.9. The molecular formula is C18H32N2. The van der Waals surface area contributed by atoms with Crippen LogP contribution >= 0.6 is 0 Å². The van der Waals surface area contributed by atoms with Gasteiger partial charge in [0.1, 0.15) is 0 Å². The number of hydrogen-bond acceptors (Lipinski definition) is 2. The predicted molar refractivity (Wildman–Crippen MR) is 87.9 cm³/mol. The second-order valence-electron chi connectivity index (χ2n) is 5.77. The van der Waals surface area contributed by atoms with E-state index in [-0.39, 0.29) is 0 Å². The van der Waals surface area contributed by atoms with Crippen LogP contribution in [-0.2, 0) is 6.42 Å². The van der Waals surface area contributed by atoms with E-state index in [0.717, 1.165) is 18.9 Å². The Labute approximate surface area is 125 Å². The highest BCUT2D eigenvalue weighted by molar-refractivity contribution is 5.03. The lowest BCUT2D eigenvalue weighted by atomic mass is 9.90. The largest absolute Gasteiger partial charge is 0.314 e. The lowest BCUT2D eigenvalue weighted by Gasteiger charge is -2.23. The summed E-state index contributed by atoms with van der Waals surface area (Å²) < 4.78 is 0. The molecule has 0 aliphatic rings. The molecule has 0 saturated heterocycles. The predicted octanol–water partition coefficient (Wildman–Crippen LogP) is 4.60. The normalized spacial score (nSPS) is 14.2. The minimum atomic E-state index is 0.642. The van der Waals surface area contributed by atoms with Crippen molar-refractivity contribution in [3.8, 4) is 0 Å². The van der Waals surface area contributed by atoms with E-state index in [9.17, 15) is 0 Å². The summed E-state index contributed by atoms with van der Waals surface area (Å²) in [5.41, 5.74) is 1.22. The third kappa shape index (κ3) is 7.04. The van der Waals surface area contributed by atoms with Gasteiger partial charge in [-0.2, -0.15) is 0 Å². The van der Waals surface area contributed by atoms with Crippen LogP contribution in [0.15, 0.2) is 24.4 Å². The summed E-state index contributed by atoms with van der Waals surface area (Å²) in [7, 11) is 0. The first kappa shape index (κ1) is 17.2. The van der Waals surface area contributed by atoms with Crippen LogP contribution in [0.4, 0.5) is 0 Å². The van der Waals surface area contributed by atoms with Crippen LogP contribution in [-0.4, -0.2) is 17.6 Å². The molecule has 2 atom stereocenters. The topological polar surface area (TPSA) is 24.9 Å². The number of rotatable bonds is 11. The van der Waals surface area contributed by atoms with Crippen molar-refractivity contribution in [1.29, 1.82) is 0 Å². The Balaban J connectivity index is 2.42. The lowest BCUT2D eigenvalue weighted by Crippen LogP contribution is -2.31.